The Morgan fingerprint density at radius 3 is 1.02 bits per heavy atom. The molecule has 0 amide bonds. The van der Waals surface area contributed by atoms with E-state index in [2.05, 4.69) is 156 Å². The highest BCUT2D eigenvalue weighted by atomic mass is 32.1. The lowest BCUT2D eigenvalue weighted by atomic mass is 9.92. The number of fused-ring (bicyclic) bond motifs is 7. The Labute approximate surface area is 264 Å². The molecule has 0 radical (unpaired) electrons. The van der Waals surface area contributed by atoms with Gasteiger partial charge in [-0.1, -0.05) is 121 Å². The number of thiophene rings is 2. The van der Waals surface area contributed by atoms with E-state index in [4.69, 9.17) is 0 Å². The molecule has 206 valence electrons. The summed E-state index contributed by atoms with van der Waals surface area (Å²) in [5.41, 5.74) is 7.53. The van der Waals surface area contributed by atoms with Crippen LogP contribution in [0.1, 0.15) is 0 Å². The quantitative estimate of drug-likeness (QED) is 0.178. The van der Waals surface area contributed by atoms with Gasteiger partial charge in [0, 0.05) is 9.75 Å². The van der Waals surface area contributed by atoms with E-state index in [1.165, 1.54) is 86.2 Å². The Hall–Kier alpha value is -5.02. The van der Waals surface area contributed by atoms with E-state index in [0.717, 1.165) is 0 Å². The minimum absolute atomic E-state index is 1.25. The fourth-order valence-corrected chi connectivity index (χ4v) is 8.07. The molecule has 0 atom stereocenters. The van der Waals surface area contributed by atoms with Crippen LogP contribution in [0.5, 0.6) is 0 Å². The number of rotatable bonds is 4. The van der Waals surface area contributed by atoms with Crippen LogP contribution in [-0.2, 0) is 0 Å². The molecule has 0 fully saturated rings. The van der Waals surface area contributed by atoms with Gasteiger partial charge in [-0.3, -0.25) is 0 Å². The maximum atomic E-state index is 2.33. The Kier molecular flexibility index (Phi) is 5.97. The molecule has 0 N–H and O–H groups in total. The fourth-order valence-electron chi connectivity index (χ4n) is 6.60. The van der Waals surface area contributed by atoms with E-state index >= 15 is 0 Å². The maximum Gasteiger partial charge on any atom is 0.0342 e. The Bertz CT molecular complexity index is 2270. The first-order valence-electron chi connectivity index (χ1n) is 14.9. The normalized spacial score (nSPS) is 11.6. The van der Waals surface area contributed by atoms with Crippen molar-refractivity contribution in [2.45, 2.75) is 0 Å². The highest BCUT2D eigenvalue weighted by Crippen LogP contribution is 2.38. The van der Waals surface area contributed by atoms with Crippen molar-refractivity contribution in [3.63, 3.8) is 0 Å². The number of benzene rings is 7. The van der Waals surface area contributed by atoms with Gasteiger partial charge < -0.3 is 0 Å². The first-order valence-corrected chi connectivity index (χ1v) is 16.7. The minimum atomic E-state index is 1.25. The summed E-state index contributed by atoms with van der Waals surface area (Å²) in [4.78, 5) is 2.61. The van der Waals surface area contributed by atoms with Crippen molar-refractivity contribution < 1.29 is 0 Å². The zero-order valence-electron chi connectivity index (χ0n) is 23.8. The number of hydrogen-bond acceptors (Lipinski definition) is 2. The topological polar surface area (TPSA) is 0 Å². The highest BCUT2D eigenvalue weighted by molar-refractivity contribution is 7.13. The molecule has 0 spiro atoms. The van der Waals surface area contributed by atoms with Crippen molar-refractivity contribution >= 4 is 65.8 Å². The zero-order valence-corrected chi connectivity index (χ0v) is 25.5. The van der Waals surface area contributed by atoms with Crippen molar-refractivity contribution in [2.75, 3.05) is 0 Å². The summed E-state index contributed by atoms with van der Waals surface area (Å²) in [5.74, 6) is 0. The smallest absolute Gasteiger partial charge is 0.0342 e. The molecule has 0 nitrogen and oxygen atoms in total. The molecule has 44 heavy (non-hydrogen) atoms. The molecule has 9 aromatic rings. The molecule has 0 unspecified atom stereocenters. The van der Waals surface area contributed by atoms with Crippen LogP contribution in [0.2, 0.25) is 0 Å². The van der Waals surface area contributed by atoms with Crippen molar-refractivity contribution in [1.82, 2.24) is 0 Å². The summed E-state index contributed by atoms with van der Waals surface area (Å²) in [6.07, 6.45) is 0. The monoisotopic (exact) mass is 594 g/mol. The van der Waals surface area contributed by atoms with Gasteiger partial charge in [-0.05, 0) is 111 Å². The molecule has 0 saturated carbocycles. The molecule has 2 aromatic heterocycles. The van der Waals surface area contributed by atoms with Gasteiger partial charge in [-0.25, -0.2) is 0 Å². The first-order chi connectivity index (χ1) is 21.8. The van der Waals surface area contributed by atoms with E-state index in [-0.39, 0.29) is 0 Å². The van der Waals surface area contributed by atoms with Gasteiger partial charge in [-0.2, -0.15) is 0 Å². The maximum absolute atomic E-state index is 2.33. The van der Waals surface area contributed by atoms with Crippen LogP contribution in [0.3, 0.4) is 0 Å². The highest BCUT2D eigenvalue weighted by Gasteiger charge is 2.10. The van der Waals surface area contributed by atoms with Crippen LogP contribution < -0.4 is 0 Å². The fraction of sp³-hybridized carbons (Fsp3) is 0. The van der Waals surface area contributed by atoms with E-state index in [0.29, 0.717) is 0 Å². The Balaban J connectivity index is 1.08. The van der Waals surface area contributed by atoms with Gasteiger partial charge >= 0.3 is 0 Å². The molecule has 2 heteroatoms. The lowest BCUT2D eigenvalue weighted by Crippen LogP contribution is -1.85. The van der Waals surface area contributed by atoms with E-state index in [9.17, 15) is 0 Å². The number of hydrogen-bond donors (Lipinski definition) is 0. The van der Waals surface area contributed by atoms with E-state index < -0.39 is 0 Å². The summed E-state index contributed by atoms with van der Waals surface area (Å²) in [7, 11) is 0. The van der Waals surface area contributed by atoms with Gasteiger partial charge in [0.1, 0.15) is 0 Å². The van der Waals surface area contributed by atoms with Crippen LogP contribution >= 0.6 is 22.7 Å². The summed E-state index contributed by atoms with van der Waals surface area (Å²) in [6, 6.07) is 54.0. The average molecular weight is 595 g/mol. The van der Waals surface area contributed by atoms with Crippen molar-refractivity contribution in [1.29, 1.82) is 0 Å². The standard InChI is InChI=1S/C42H26S2/c1-3-41(43-23-1)29-9-5-27(6-10-29)31-13-17-35-33(25-31)15-19-39-37(35)21-22-38-36-18-14-32(26-34(36)16-20-40(38)39)28-7-11-30(12-8-28)42-4-2-24-44-42/h1-26H. The van der Waals surface area contributed by atoms with Crippen LogP contribution in [-0.4, -0.2) is 0 Å². The average Bonchev–Trinajstić information content (AvgIpc) is 3.83. The minimum Gasteiger partial charge on any atom is -0.144 e. The summed E-state index contributed by atoms with van der Waals surface area (Å²) in [5, 5.41) is 14.6. The molecule has 0 saturated heterocycles. The molecular formula is C42H26S2. The molecule has 0 bridgehead atoms. The second-order valence-electron chi connectivity index (χ2n) is 11.4. The van der Waals surface area contributed by atoms with Crippen molar-refractivity contribution in [3.05, 3.63) is 156 Å². The molecule has 9 rings (SSSR count). The third-order valence-electron chi connectivity index (χ3n) is 8.88. The largest absolute Gasteiger partial charge is 0.144 e. The lowest BCUT2D eigenvalue weighted by molar-refractivity contribution is 1.64. The second-order valence-corrected chi connectivity index (χ2v) is 13.3. The summed E-state index contributed by atoms with van der Waals surface area (Å²) >= 11 is 3.56. The van der Waals surface area contributed by atoms with Gasteiger partial charge in [0.25, 0.3) is 0 Å². The van der Waals surface area contributed by atoms with Gasteiger partial charge in [0.05, 0.1) is 0 Å². The predicted octanol–water partition coefficient (Wildman–Crippen LogP) is 13.1. The van der Waals surface area contributed by atoms with E-state index in [1.807, 2.05) is 0 Å². The molecular weight excluding hydrogens is 569 g/mol. The Morgan fingerprint density at radius 2 is 0.614 bits per heavy atom. The molecule has 2 heterocycles. The van der Waals surface area contributed by atoms with Crippen LogP contribution in [0.15, 0.2) is 156 Å². The second kappa shape index (κ2) is 10.3. The van der Waals surface area contributed by atoms with Crippen LogP contribution in [0, 0.1) is 0 Å². The summed E-state index contributed by atoms with van der Waals surface area (Å²) < 4.78 is 0. The predicted molar refractivity (Wildman–Crippen MR) is 194 cm³/mol. The van der Waals surface area contributed by atoms with Crippen molar-refractivity contribution in [2.24, 2.45) is 0 Å². The third-order valence-corrected chi connectivity index (χ3v) is 10.7. The van der Waals surface area contributed by atoms with Gasteiger partial charge in [0.2, 0.25) is 0 Å². The van der Waals surface area contributed by atoms with Crippen LogP contribution in [0.4, 0.5) is 0 Å². The van der Waals surface area contributed by atoms with Gasteiger partial charge in [0.15, 0.2) is 0 Å². The summed E-state index contributed by atoms with van der Waals surface area (Å²) in [6.45, 7) is 0. The SMILES string of the molecule is c1csc(-c2ccc(-c3ccc4c(ccc5c4ccc4c6ccc(-c7ccc(-c8cccs8)cc7)cc6ccc45)c3)cc2)c1. The molecule has 0 aliphatic carbocycles. The van der Waals surface area contributed by atoms with Crippen molar-refractivity contribution in [3.8, 4) is 43.1 Å². The van der Waals surface area contributed by atoms with Gasteiger partial charge in [-0.15, -0.1) is 22.7 Å². The lowest BCUT2D eigenvalue weighted by Gasteiger charge is -2.12. The molecule has 0 aliphatic heterocycles. The first kappa shape index (κ1) is 25.5. The third kappa shape index (κ3) is 4.26. The Morgan fingerprint density at radius 1 is 0.273 bits per heavy atom. The molecule has 7 aromatic carbocycles. The van der Waals surface area contributed by atoms with Crippen LogP contribution in [0.25, 0.3) is 86.2 Å². The van der Waals surface area contributed by atoms with E-state index in [1.54, 1.807) is 22.7 Å². The molecule has 0 aliphatic rings. The zero-order chi connectivity index (χ0) is 29.0.